The second-order valence-electron chi connectivity index (χ2n) is 5.42. The average Bonchev–Trinajstić information content (AvgIpc) is 2.52. The Balaban J connectivity index is 0.00000242. The Morgan fingerprint density at radius 3 is 2.77 bits per heavy atom. The Morgan fingerprint density at radius 1 is 1.36 bits per heavy atom. The van der Waals surface area contributed by atoms with Gasteiger partial charge in [0.15, 0.2) is 5.96 Å². The number of nitrogens with zero attached hydrogens (tertiary/aromatic N) is 4. The van der Waals surface area contributed by atoms with Gasteiger partial charge in [0.25, 0.3) is 0 Å². The molecule has 1 aromatic heterocycles. The molecule has 2 heterocycles. The third kappa shape index (κ3) is 6.33. The monoisotopic (exact) mass is 418 g/mol. The van der Waals surface area contributed by atoms with Crippen molar-refractivity contribution in [3.8, 4) is 0 Å². The summed E-state index contributed by atoms with van der Waals surface area (Å²) >= 11 is 0. The van der Waals surface area contributed by atoms with Crippen molar-refractivity contribution in [1.82, 2.24) is 20.2 Å². The van der Waals surface area contributed by atoms with Crippen molar-refractivity contribution >= 4 is 35.8 Å². The molecule has 0 saturated carbocycles. The van der Waals surface area contributed by atoms with E-state index in [1.165, 1.54) is 12.8 Å². The second-order valence-corrected chi connectivity index (χ2v) is 5.42. The van der Waals surface area contributed by atoms with Crippen LogP contribution in [0.3, 0.4) is 0 Å². The van der Waals surface area contributed by atoms with Crippen LogP contribution in [0.1, 0.15) is 26.7 Å². The first-order valence-corrected chi connectivity index (χ1v) is 7.82. The second kappa shape index (κ2) is 10.6. The van der Waals surface area contributed by atoms with E-state index in [2.05, 4.69) is 39.3 Å². The summed E-state index contributed by atoms with van der Waals surface area (Å²) in [6.07, 6.45) is 7.58. The Bertz CT molecular complexity index is 431. The molecule has 1 aromatic rings. The topological polar surface area (TPSA) is 65.4 Å². The first-order chi connectivity index (χ1) is 10.3. The Hall–Kier alpha value is -1.12. The van der Waals surface area contributed by atoms with E-state index in [9.17, 15) is 0 Å². The zero-order valence-corrected chi connectivity index (χ0v) is 15.8. The van der Waals surface area contributed by atoms with Crippen molar-refractivity contribution in [3.05, 3.63) is 18.6 Å². The molecule has 0 bridgehead atoms. The minimum atomic E-state index is 0. The Kier molecular flexibility index (Phi) is 9.10. The Morgan fingerprint density at radius 2 is 2.14 bits per heavy atom. The fourth-order valence-corrected chi connectivity index (χ4v) is 2.38. The summed E-state index contributed by atoms with van der Waals surface area (Å²) in [6.45, 7) is 9.03. The highest BCUT2D eigenvalue weighted by molar-refractivity contribution is 14.0. The zero-order valence-electron chi connectivity index (χ0n) is 13.5. The molecule has 0 amide bonds. The van der Waals surface area contributed by atoms with E-state index in [1.807, 2.05) is 0 Å². The predicted molar refractivity (Wildman–Crippen MR) is 102 cm³/mol. The zero-order chi connectivity index (χ0) is 14.9. The summed E-state index contributed by atoms with van der Waals surface area (Å²) in [6, 6.07) is 0. The fourth-order valence-electron chi connectivity index (χ4n) is 2.38. The number of anilines is 1. The van der Waals surface area contributed by atoms with Crippen LogP contribution < -0.4 is 10.6 Å². The molecule has 1 aliphatic heterocycles. The standard InChI is InChI=1S/C15H26N6.HI/c1-3-17-15(21-10-4-13(2)5-11-21)20-9-8-19-14-12-16-6-7-18-14;/h6-7,12-13H,3-5,8-11H2,1-2H3,(H,17,20)(H,18,19);1H. The third-order valence-corrected chi connectivity index (χ3v) is 3.66. The number of rotatable bonds is 5. The van der Waals surface area contributed by atoms with E-state index in [0.29, 0.717) is 0 Å². The van der Waals surface area contributed by atoms with E-state index in [-0.39, 0.29) is 24.0 Å². The maximum Gasteiger partial charge on any atom is 0.193 e. The molecule has 0 radical (unpaired) electrons. The molecule has 0 atom stereocenters. The summed E-state index contributed by atoms with van der Waals surface area (Å²) < 4.78 is 0. The number of piperidine rings is 1. The van der Waals surface area contributed by atoms with Gasteiger partial charge in [0.1, 0.15) is 5.82 Å². The van der Waals surface area contributed by atoms with E-state index in [0.717, 1.165) is 50.4 Å². The molecule has 7 heteroatoms. The van der Waals surface area contributed by atoms with Crippen molar-refractivity contribution < 1.29 is 0 Å². The van der Waals surface area contributed by atoms with Crippen LogP contribution in [0.15, 0.2) is 23.6 Å². The number of nitrogens with one attached hydrogen (secondary N) is 2. The Labute approximate surface area is 150 Å². The lowest BCUT2D eigenvalue weighted by Gasteiger charge is -2.33. The molecule has 22 heavy (non-hydrogen) atoms. The minimum absolute atomic E-state index is 0. The lowest BCUT2D eigenvalue weighted by molar-refractivity contribution is 0.273. The van der Waals surface area contributed by atoms with Gasteiger partial charge >= 0.3 is 0 Å². The molecular formula is C15H27IN6. The molecule has 2 rings (SSSR count). The molecule has 1 fully saturated rings. The largest absolute Gasteiger partial charge is 0.367 e. The first kappa shape index (κ1) is 18.9. The lowest BCUT2D eigenvalue weighted by atomic mass is 10.00. The molecule has 6 nitrogen and oxygen atoms in total. The normalized spacial score (nSPS) is 16.1. The van der Waals surface area contributed by atoms with E-state index in [4.69, 9.17) is 4.99 Å². The minimum Gasteiger partial charge on any atom is -0.367 e. The van der Waals surface area contributed by atoms with Crippen molar-refractivity contribution in [1.29, 1.82) is 0 Å². The van der Waals surface area contributed by atoms with E-state index >= 15 is 0 Å². The van der Waals surface area contributed by atoms with Gasteiger partial charge in [-0.3, -0.25) is 9.98 Å². The van der Waals surface area contributed by atoms with Gasteiger partial charge < -0.3 is 15.5 Å². The van der Waals surface area contributed by atoms with Gasteiger partial charge in [-0.15, -0.1) is 24.0 Å². The number of hydrogen-bond acceptors (Lipinski definition) is 4. The van der Waals surface area contributed by atoms with Crippen LogP contribution in [0.25, 0.3) is 0 Å². The first-order valence-electron chi connectivity index (χ1n) is 7.82. The molecular weight excluding hydrogens is 391 g/mol. The molecule has 0 spiro atoms. The third-order valence-electron chi connectivity index (χ3n) is 3.66. The van der Waals surface area contributed by atoms with E-state index < -0.39 is 0 Å². The smallest absolute Gasteiger partial charge is 0.193 e. The van der Waals surface area contributed by atoms with Crippen LogP contribution in [0, 0.1) is 5.92 Å². The van der Waals surface area contributed by atoms with Crippen LogP contribution in [0.5, 0.6) is 0 Å². The molecule has 0 unspecified atom stereocenters. The van der Waals surface area contributed by atoms with Gasteiger partial charge in [0, 0.05) is 38.6 Å². The fraction of sp³-hybridized carbons (Fsp3) is 0.667. The highest BCUT2D eigenvalue weighted by Crippen LogP contribution is 2.15. The molecule has 0 aromatic carbocycles. The average molecular weight is 418 g/mol. The summed E-state index contributed by atoms with van der Waals surface area (Å²) in [5.41, 5.74) is 0. The summed E-state index contributed by atoms with van der Waals surface area (Å²) in [4.78, 5) is 15.3. The summed E-state index contributed by atoms with van der Waals surface area (Å²) in [7, 11) is 0. The van der Waals surface area contributed by atoms with Crippen molar-refractivity contribution in [2.24, 2.45) is 10.9 Å². The van der Waals surface area contributed by atoms with E-state index in [1.54, 1.807) is 18.6 Å². The molecule has 2 N–H and O–H groups in total. The lowest BCUT2D eigenvalue weighted by Crippen LogP contribution is -2.45. The number of hydrogen-bond donors (Lipinski definition) is 2. The SMILES string of the molecule is CCNC(=NCCNc1cnccn1)N1CCC(C)CC1.I. The maximum absolute atomic E-state index is 4.70. The number of halogens is 1. The van der Waals surface area contributed by atoms with Crippen LogP contribution in [-0.2, 0) is 0 Å². The summed E-state index contributed by atoms with van der Waals surface area (Å²) in [5.74, 6) is 2.66. The quantitative estimate of drug-likeness (QED) is 0.332. The van der Waals surface area contributed by atoms with Gasteiger partial charge in [-0.2, -0.15) is 0 Å². The number of aliphatic imine (C=N–C) groups is 1. The summed E-state index contributed by atoms with van der Waals surface area (Å²) in [5, 5.41) is 6.61. The highest BCUT2D eigenvalue weighted by atomic mass is 127. The molecule has 124 valence electrons. The van der Waals surface area contributed by atoms with Crippen molar-refractivity contribution in [3.63, 3.8) is 0 Å². The molecule has 0 aliphatic carbocycles. The van der Waals surface area contributed by atoms with Crippen LogP contribution in [0.2, 0.25) is 0 Å². The van der Waals surface area contributed by atoms with Gasteiger partial charge in [0.2, 0.25) is 0 Å². The van der Waals surface area contributed by atoms with Crippen LogP contribution in [-0.4, -0.2) is 53.6 Å². The van der Waals surface area contributed by atoms with Gasteiger partial charge in [-0.05, 0) is 25.7 Å². The van der Waals surface area contributed by atoms with Gasteiger partial charge in [0.05, 0.1) is 12.7 Å². The van der Waals surface area contributed by atoms with Crippen molar-refractivity contribution in [2.45, 2.75) is 26.7 Å². The van der Waals surface area contributed by atoms with Crippen LogP contribution >= 0.6 is 24.0 Å². The van der Waals surface area contributed by atoms with Gasteiger partial charge in [-0.1, -0.05) is 6.92 Å². The number of guanidine groups is 1. The maximum atomic E-state index is 4.70. The number of likely N-dealkylation sites (tertiary alicyclic amines) is 1. The van der Waals surface area contributed by atoms with Gasteiger partial charge in [-0.25, -0.2) is 4.98 Å². The molecule has 1 saturated heterocycles. The van der Waals surface area contributed by atoms with Crippen LogP contribution in [0.4, 0.5) is 5.82 Å². The van der Waals surface area contributed by atoms with Crippen molar-refractivity contribution in [2.75, 3.05) is 38.0 Å². The molecule has 1 aliphatic rings. The predicted octanol–water partition coefficient (Wildman–Crippen LogP) is 2.20. The number of aromatic nitrogens is 2. The highest BCUT2D eigenvalue weighted by Gasteiger charge is 2.18.